The van der Waals surface area contributed by atoms with Crippen molar-refractivity contribution in [1.29, 1.82) is 0 Å². The number of Topliss-reactive ketones (excluding diaryl/α,β-unsaturated/α-hetero) is 1. The molecule has 2 nitrogen and oxygen atoms in total. The van der Waals surface area contributed by atoms with Crippen LogP contribution < -0.4 is 0 Å². The number of rotatable bonds is 0. The molecule has 0 aromatic carbocycles. The van der Waals surface area contributed by atoms with Crippen molar-refractivity contribution in [2.24, 2.45) is 23.7 Å². The Kier molecular flexibility index (Phi) is 1.24. The molecule has 0 heterocycles. The Morgan fingerprint density at radius 1 is 1.17 bits per heavy atom. The van der Waals surface area contributed by atoms with Crippen molar-refractivity contribution in [2.75, 3.05) is 0 Å². The van der Waals surface area contributed by atoms with E-state index < -0.39 is 6.10 Å². The van der Waals surface area contributed by atoms with E-state index in [-0.39, 0.29) is 11.7 Å². The van der Waals surface area contributed by atoms with Crippen LogP contribution in [0.5, 0.6) is 0 Å². The molecule has 1 unspecified atom stereocenters. The van der Waals surface area contributed by atoms with E-state index in [1.165, 1.54) is 12.8 Å². The van der Waals surface area contributed by atoms with Crippen molar-refractivity contribution in [1.82, 2.24) is 0 Å². The number of ketones is 1. The zero-order chi connectivity index (χ0) is 8.29. The minimum Gasteiger partial charge on any atom is -0.385 e. The van der Waals surface area contributed by atoms with Crippen LogP contribution in [0.1, 0.15) is 25.7 Å². The van der Waals surface area contributed by atoms with Crippen LogP contribution in [0.3, 0.4) is 0 Å². The summed E-state index contributed by atoms with van der Waals surface area (Å²) in [5.41, 5.74) is 0. The number of carbonyl (C=O) groups is 1. The summed E-state index contributed by atoms with van der Waals surface area (Å²) in [6, 6.07) is 0. The molecule has 5 fully saturated rings. The normalized spacial score (nSPS) is 56.4. The predicted octanol–water partition coefficient (Wildman–Crippen LogP) is 0.982. The van der Waals surface area contributed by atoms with E-state index in [2.05, 4.69) is 0 Å². The van der Waals surface area contributed by atoms with Crippen LogP contribution in [0, 0.1) is 23.7 Å². The van der Waals surface area contributed by atoms with Crippen molar-refractivity contribution >= 4 is 5.78 Å². The second-order valence-electron chi connectivity index (χ2n) is 4.69. The summed E-state index contributed by atoms with van der Waals surface area (Å²) in [7, 11) is 0. The molecule has 0 aromatic heterocycles. The first-order valence-corrected chi connectivity index (χ1v) is 4.99. The molecular weight excluding hydrogens is 152 g/mol. The Labute approximate surface area is 72.0 Å². The summed E-state index contributed by atoms with van der Waals surface area (Å²) in [4.78, 5) is 11.5. The van der Waals surface area contributed by atoms with Crippen molar-refractivity contribution < 1.29 is 9.90 Å². The maximum atomic E-state index is 11.5. The lowest BCUT2D eigenvalue weighted by Crippen LogP contribution is -2.56. The fourth-order valence-electron chi connectivity index (χ4n) is 3.64. The first kappa shape index (κ1) is 7.07. The molecule has 0 radical (unpaired) electrons. The molecular formula is C10H14O2. The lowest BCUT2D eigenvalue weighted by Gasteiger charge is -2.53. The second-order valence-corrected chi connectivity index (χ2v) is 4.69. The number of carbonyl (C=O) groups excluding carboxylic acids is 1. The Morgan fingerprint density at radius 3 is 2.50 bits per heavy atom. The maximum Gasteiger partial charge on any atom is 0.164 e. The van der Waals surface area contributed by atoms with Crippen LogP contribution >= 0.6 is 0 Å². The highest BCUT2D eigenvalue weighted by atomic mass is 16.3. The lowest BCUT2D eigenvalue weighted by atomic mass is 9.52. The highest BCUT2D eigenvalue weighted by Crippen LogP contribution is 2.54. The van der Waals surface area contributed by atoms with Crippen LogP contribution in [0.15, 0.2) is 0 Å². The van der Waals surface area contributed by atoms with Gasteiger partial charge in [0.2, 0.25) is 0 Å². The minimum atomic E-state index is -0.592. The third kappa shape index (κ3) is 0.674. The molecule has 5 saturated carbocycles. The first-order chi connectivity index (χ1) is 5.77. The van der Waals surface area contributed by atoms with Gasteiger partial charge in [0.15, 0.2) is 5.78 Å². The third-order valence-corrected chi connectivity index (χ3v) is 4.28. The topological polar surface area (TPSA) is 37.3 Å². The molecule has 1 N–H and O–H groups in total. The van der Waals surface area contributed by atoms with E-state index in [0.717, 1.165) is 12.8 Å². The number of aliphatic hydroxyl groups is 1. The summed E-state index contributed by atoms with van der Waals surface area (Å²) in [5, 5.41) is 9.64. The smallest absolute Gasteiger partial charge is 0.164 e. The summed E-state index contributed by atoms with van der Waals surface area (Å²) >= 11 is 0. The minimum absolute atomic E-state index is 0.159. The standard InChI is InChI=1S/C10H14O2/c11-9-7-4-6-2-1-5(7)3-8(6)10(9)12/h5-9,11H,1-4H2/t5-,6-,7-,8-,9?/m0/s1. The lowest BCUT2D eigenvalue weighted by molar-refractivity contribution is -0.160. The SMILES string of the molecule is O=C1C(O)[C@H]2C[C@@H]3CC[C@H]2C[C@H]13. The Morgan fingerprint density at radius 2 is 1.92 bits per heavy atom. The molecule has 4 bridgehead atoms. The number of hydrogen-bond acceptors (Lipinski definition) is 2. The van der Waals surface area contributed by atoms with Crippen LogP contribution in [-0.4, -0.2) is 17.0 Å². The van der Waals surface area contributed by atoms with Crippen LogP contribution in [0.4, 0.5) is 0 Å². The molecule has 12 heavy (non-hydrogen) atoms. The summed E-state index contributed by atoms with van der Waals surface area (Å²) in [6.07, 6.45) is 4.12. The molecule has 5 atom stereocenters. The fourth-order valence-corrected chi connectivity index (χ4v) is 3.64. The van der Waals surface area contributed by atoms with Gasteiger partial charge < -0.3 is 5.11 Å². The molecule has 0 saturated heterocycles. The molecule has 5 aliphatic carbocycles. The summed E-state index contributed by atoms with van der Waals surface area (Å²) in [6.45, 7) is 0. The molecule has 0 aliphatic heterocycles. The van der Waals surface area contributed by atoms with Gasteiger partial charge in [-0.15, -0.1) is 0 Å². The first-order valence-electron chi connectivity index (χ1n) is 4.99. The van der Waals surface area contributed by atoms with Crippen molar-refractivity contribution in [3.8, 4) is 0 Å². The molecule has 0 spiro atoms. The Bertz CT molecular complexity index is 236. The highest BCUT2D eigenvalue weighted by molar-refractivity contribution is 5.87. The van der Waals surface area contributed by atoms with Gasteiger partial charge in [-0.25, -0.2) is 0 Å². The summed E-state index contributed by atoms with van der Waals surface area (Å²) in [5.74, 6) is 2.04. The van der Waals surface area contributed by atoms with E-state index in [0.29, 0.717) is 17.8 Å². The van der Waals surface area contributed by atoms with Crippen molar-refractivity contribution in [3.63, 3.8) is 0 Å². The van der Waals surface area contributed by atoms with Crippen LogP contribution in [-0.2, 0) is 4.79 Å². The van der Waals surface area contributed by atoms with Crippen LogP contribution in [0.2, 0.25) is 0 Å². The maximum absolute atomic E-state index is 11.5. The number of fused-ring (bicyclic) bond motifs is 2. The molecule has 5 rings (SSSR count). The van der Waals surface area contributed by atoms with Gasteiger partial charge in [-0.2, -0.15) is 0 Å². The molecule has 5 aliphatic rings. The second kappa shape index (κ2) is 2.11. The van der Waals surface area contributed by atoms with Gasteiger partial charge in [-0.3, -0.25) is 4.79 Å². The van der Waals surface area contributed by atoms with Gasteiger partial charge in [0.1, 0.15) is 6.10 Å². The van der Waals surface area contributed by atoms with Gasteiger partial charge in [0.05, 0.1) is 0 Å². The zero-order valence-corrected chi connectivity index (χ0v) is 7.07. The zero-order valence-electron chi connectivity index (χ0n) is 7.07. The number of hydrogen-bond donors (Lipinski definition) is 1. The van der Waals surface area contributed by atoms with Gasteiger partial charge in [-0.1, -0.05) is 0 Å². The van der Waals surface area contributed by atoms with Crippen LogP contribution in [0.25, 0.3) is 0 Å². The average Bonchev–Trinajstić information content (AvgIpc) is 2.14. The molecule has 0 aromatic rings. The summed E-state index contributed by atoms with van der Waals surface area (Å²) < 4.78 is 0. The van der Waals surface area contributed by atoms with Gasteiger partial charge >= 0.3 is 0 Å². The van der Waals surface area contributed by atoms with Gasteiger partial charge in [-0.05, 0) is 43.4 Å². The van der Waals surface area contributed by atoms with E-state index in [1.54, 1.807) is 0 Å². The van der Waals surface area contributed by atoms with Gasteiger partial charge in [0, 0.05) is 5.92 Å². The fraction of sp³-hybridized carbons (Fsp3) is 0.900. The Hall–Kier alpha value is -0.370. The highest BCUT2D eigenvalue weighted by Gasteiger charge is 2.54. The van der Waals surface area contributed by atoms with E-state index in [1.807, 2.05) is 0 Å². The average molecular weight is 166 g/mol. The third-order valence-electron chi connectivity index (χ3n) is 4.28. The quantitative estimate of drug-likeness (QED) is 0.582. The van der Waals surface area contributed by atoms with Crippen molar-refractivity contribution in [3.05, 3.63) is 0 Å². The largest absolute Gasteiger partial charge is 0.385 e. The molecule has 66 valence electrons. The predicted molar refractivity (Wildman–Crippen MR) is 43.4 cm³/mol. The Balaban J connectivity index is 2.00. The molecule has 2 heteroatoms. The van der Waals surface area contributed by atoms with E-state index >= 15 is 0 Å². The molecule has 0 amide bonds. The number of aliphatic hydroxyl groups excluding tert-OH is 1. The monoisotopic (exact) mass is 166 g/mol. The van der Waals surface area contributed by atoms with E-state index in [9.17, 15) is 9.90 Å². The van der Waals surface area contributed by atoms with Crippen molar-refractivity contribution in [2.45, 2.75) is 31.8 Å². The van der Waals surface area contributed by atoms with Gasteiger partial charge in [0.25, 0.3) is 0 Å². The van der Waals surface area contributed by atoms with E-state index in [4.69, 9.17) is 0 Å².